The van der Waals surface area contributed by atoms with E-state index in [2.05, 4.69) is 18.7 Å². The number of halogens is 1. The van der Waals surface area contributed by atoms with Crippen LogP contribution in [0.25, 0.3) is 0 Å². The number of benzene rings is 1. The first-order valence-corrected chi connectivity index (χ1v) is 7.22. The van der Waals surface area contributed by atoms with Gasteiger partial charge in [0.25, 0.3) is 0 Å². The van der Waals surface area contributed by atoms with Gasteiger partial charge in [0.2, 0.25) is 6.29 Å². The highest BCUT2D eigenvalue weighted by atomic mass is 35.5. The third-order valence-corrected chi connectivity index (χ3v) is 3.05. The second-order valence-corrected chi connectivity index (χ2v) is 4.81. The summed E-state index contributed by atoms with van der Waals surface area (Å²) in [5, 5.41) is 0. The van der Waals surface area contributed by atoms with Crippen molar-refractivity contribution in [2.24, 2.45) is 0 Å². The Morgan fingerprint density at radius 2 is 2.10 bits per heavy atom. The summed E-state index contributed by atoms with van der Waals surface area (Å²) in [6.45, 7) is 5.07. The molecule has 0 amide bonds. The van der Waals surface area contributed by atoms with E-state index in [1.54, 1.807) is 6.08 Å². The number of ether oxygens (including phenoxy) is 2. The number of aryl methyl sites for hydroxylation is 1. The molecule has 0 heterocycles. The van der Waals surface area contributed by atoms with E-state index in [-0.39, 0.29) is 12.0 Å². The molecule has 20 heavy (non-hydrogen) atoms. The number of alkyl halides is 1. The lowest BCUT2D eigenvalue weighted by molar-refractivity contribution is -0.181. The zero-order valence-corrected chi connectivity index (χ0v) is 12.5. The molecule has 0 aliphatic carbocycles. The van der Waals surface area contributed by atoms with Gasteiger partial charge in [-0.3, -0.25) is 4.79 Å². The molecule has 1 rings (SSSR count). The van der Waals surface area contributed by atoms with Gasteiger partial charge in [0, 0.05) is 6.92 Å². The maximum absolute atomic E-state index is 11.0. The summed E-state index contributed by atoms with van der Waals surface area (Å²) in [6.07, 6.45) is 3.46. The van der Waals surface area contributed by atoms with E-state index >= 15 is 0 Å². The molecular formula is C16H21ClO3. The van der Waals surface area contributed by atoms with Gasteiger partial charge in [-0.25, -0.2) is 0 Å². The Morgan fingerprint density at radius 3 is 2.65 bits per heavy atom. The molecule has 1 aromatic carbocycles. The van der Waals surface area contributed by atoms with Gasteiger partial charge in [-0.1, -0.05) is 36.4 Å². The highest BCUT2D eigenvalue weighted by molar-refractivity contribution is 6.18. The van der Waals surface area contributed by atoms with Crippen LogP contribution in [0.3, 0.4) is 0 Å². The van der Waals surface area contributed by atoms with Crippen LogP contribution in [0.15, 0.2) is 43.0 Å². The minimum atomic E-state index is -0.699. The third-order valence-electron chi connectivity index (χ3n) is 2.79. The van der Waals surface area contributed by atoms with E-state index in [9.17, 15) is 4.79 Å². The van der Waals surface area contributed by atoms with E-state index < -0.39 is 12.3 Å². The highest BCUT2D eigenvalue weighted by Crippen LogP contribution is 2.14. The topological polar surface area (TPSA) is 35.5 Å². The number of hydrogen-bond acceptors (Lipinski definition) is 3. The maximum atomic E-state index is 11.0. The molecule has 0 fully saturated rings. The molecule has 110 valence electrons. The van der Waals surface area contributed by atoms with Gasteiger partial charge in [0.05, 0.1) is 12.0 Å². The van der Waals surface area contributed by atoms with Crippen LogP contribution in [-0.2, 0) is 20.7 Å². The highest BCUT2D eigenvalue weighted by Gasteiger charge is 2.17. The monoisotopic (exact) mass is 296 g/mol. The van der Waals surface area contributed by atoms with E-state index in [4.69, 9.17) is 21.1 Å². The zero-order valence-electron chi connectivity index (χ0n) is 11.8. The molecule has 0 aliphatic heterocycles. The Morgan fingerprint density at radius 1 is 1.40 bits per heavy atom. The number of hydrogen-bond donors (Lipinski definition) is 0. The van der Waals surface area contributed by atoms with Crippen molar-refractivity contribution >= 4 is 17.6 Å². The first kappa shape index (κ1) is 16.7. The zero-order chi connectivity index (χ0) is 14.8. The Kier molecular flexibility index (Phi) is 8.00. The molecule has 0 N–H and O–H groups in total. The molecule has 4 heteroatoms. The Balaban J connectivity index is 2.50. The van der Waals surface area contributed by atoms with Crippen molar-refractivity contribution < 1.29 is 14.3 Å². The number of rotatable bonds is 9. The Hall–Kier alpha value is -1.32. The van der Waals surface area contributed by atoms with Gasteiger partial charge < -0.3 is 9.47 Å². The molecule has 3 nitrogen and oxygen atoms in total. The summed E-state index contributed by atoms with van der Waals surface area (Å²) >= 11 is 5.74. The lowest BCUT2D eigenvalue weighted by Gasteiger charge is -2.22. The fourth-order valence-corrected chi connectivity index (χ4v) is 2.03. The lowest BCUT2D eigenvalue weighted by atomic mass is 10.1. The predicted octanol–water partition coefficient (Wildman–Crippen LogP) is 3.71. The fraction of sp³-hybridized carbons (Fsp3) is 0.438. The standard InChI is InChI=1S/C16H21ClO3/c1-3-7-15(20-16(12-17)19-13(2)18)11-10-14-8-5-4-6-9-14/h3-6,8-9,15-16H,1,7,10-12H2,2H3/t15-,16?/m0/s1. The van der Waals surface area contributed by atoms with Crippen molar-refractivity contribution in [2.75, 3.05) is 5.88 Å². The molecule has 0 saturated heterocycles. The molecule has 0 aromatic heterocycles. The summed E-state index contributed by atoms with van der Waals surface area (Å²) in [4.78, 5) is 11.0. The summed E-state index contributed by atoms with van der Waals surface area (Å²) in [6, 6.07) is 10.2. The van der Waals surface area contributed by atoms with Crippen molar-refractivity contribution in [2.45, 2.75) is 38.6 Å². The number of carbonyl (C=O) groups is 1. The molecule has 0 bridgehead atoms. The van der Waals surface area contributed by atoms with E-state index in [1.807, 2.05) is 18.2 Å². The fourth-order valence-electron chi connectivity index (χ4n) is 1.90. The Bertz CT molecular complexity index is 405. The van der Waals surface area contributed by atoms with Gasteiger partial charge in [-0.2, -0.15) is 0 Å². The average Bonchev–Trinajstić information content (AvgIpc) is 2.44. The van der Waals surface area contributed by atoms with Gasteiger partial charge in [0.15, 0.2) is 0 Å². The van der Waals surface area contributed by atoms with Crippen LogP contribution in [0.4, 0.5) is 0 Å². The first-order valence-electron chi connectivity index (χ1n) is 6.69. The minimum Gasteiger partial charge on any atom is -0.435 e. The largest absolute Gasteiger partial charge is 0.435 e. The second kappa shape index (κ2) is 9.56. The lowest BCUT2D eigenvalue weighted by Crippen LogP contribution is -2.28. The van der Waals surface area contributed by atoms with E-state index in [1.165, 1.54) is 12.5 Å². The molecule has 2 atom stereocenters. The van der Waals surface area contributed by atoms with E-state index in [0.717, 1.165) is 12.8 Å². The minimum absolute atomic E-state index is 0.0594. The van der Waals surface area contributed by atoms with Crippen molar-refractivity contribution in [3.63, 3.8) is 0 Å². The molecule has 0 spiro atoms. The van der Waals surface area contributed by atoms with Crippen LogP contribution in [-0.4, -0.2) is 24.2 Å². The number of carbonyl (C=O) groups excluding carboxylic acids is 1. The second-order valence-electron chi connectivity index (χ2n) is 4.50. The maximum Gasteiger partial charge on any atom is 0.304 e. The van der Waals surface area contributed by atoms with Crippen molar-refractivity contribution in [1.29, 1.82) is 0 Å². The first-order chi connectivity index (χ1) is 9.65. The summed E-state index contributed by atoms with van der Waals surface area (Å²) in [5.74, 6) is -0.269. The Labute approximate surface area is 125 Å². The molecule has 0 aliphatic rings. The van der Waals surface area contributed by atoms with Crippen molar-refractivity contribution in [3.05, 3.63) is 48.6 Å². The van der Waals surface area contributed by atoms with E-state index in [0.29, 0.717) is 6.42 Å². The van der Waals surface area contributed by atoms with Gasteiger partial charge in [0.1, 0.15) is 0 Å². The normalized spacial score (nSPS) is 13.5. The number of esters is 1. The average molecular weight is 297 g/mol. The molecule has 0 radical (unpaired) electrons. The molecule has 1 unspecified atom stereocenters. The SMILES string of the molecule is C=CC[C@@H](CCc1ccccc1)OC(CCl)OC(C)=O. The van der Waals surface area contributed by atoms with Crippen LogP contribution in [0.2, 0.25) is 0 Å². The molecular weight excluding hydrogens is 276 g/mol. The quantitative estimate of drug-likeness (QED) is 0.302. The summed E-state index contributed by atoms with van der Waals surface area (Å²) in [7, 11) is 0. The van der Waals surface area contributed by atoms with Crippen LogP contribution in [0, 0.1) is 0 Å². The van der Waals surface area contributed by atoms with Gasteiger partial charge in [-0.15, -0.1) is 18.2 Å². The summed E-state index contributed by atoms with van der Waals surface area (Å²) in [5.41, 5.74) is 1.25. The van der Waals surface area contributed by atoms with Crippen molar-refractivity contribution in [3.8, 4) is 0 Å². The van der Waals surface area contributed by atoms with Crippen LogP contribution in [0.5, 0.6) is 0 Å². The van der Waals surface area contributed by atoms with Gasteiger partial charge >= 0.3 is 5.97 Å². The van der Waals surface area contributed by atoms with Gasteiger partial charge in [-0.05, 0) is 24.8 Å². The van der Waals surface area contributed by atoms with Crippen LogP contribution >= 0.6 is 11.6 Å². The van der Waals surface area contributed by atoms with Crippen LogP contribution < -0.4 is 0 Å². The van der Waals surface area contributed by atoms with Crippen LogP contribution in [0.1, 0.15) is 25.3 Å². The third kappa shape index (κ3) is 6.73. The predicted molar refractivity (Wildman–Crippen MR) is 80.7 cm³/mol. The van der Waals surface area contributed by atoms with Crippen molar-refractivity contribution in [1.82, 2.24) is 0 Å². The molecule has 0 saturated carbocycles. The smallest absolute Gasteiger partial charge is 0.304 e. The summed E-state index contributed by atoms with van der Waals surface area (Å²) < 4.78 is 10.7. The molecule has 1 aromatic rings.